The number of halogens is 3. The Morgan fingerprint density at radius 1 is 1.00 bits per heavy atom. The number of hydrogen-bond acceptors (Lipinski definition) is 7. The van der Waals surface area contributed by atoms with Gasteiger partial charge in [0.25, 0.3) is 15.7 Å². The van der Waals surface area contributed by atoms with Crippen LogP contribution in [0.25, 0.3) is 0 Å². The van der Waals surface area contributed by atoms with Crippen molar-refractivity contribution < 1.29 is 26.4 Å². The molecule has 5 rings (SSSR count). The first kappa shape index (κ1) is 27.1. The molecule has 38 heavy (non-hydrogen) atoms. The number of nitrogens with one attached hydrogen (secondary N) is 1. The van der Waals surface area contributed by atoms with Crippen molar-refractivity contribution in [2.75, 3.05) is 36.8 Å². The topological polar surface area (TPSA) is 95.7 Å². The molecule has 3 fully saturated rings. The highest BCUT2D eigenvalue weighted by atomic mass is 32.2. The van der Waals surface area contributed by atoms with E-state index in [0.29, 0.717) is 11.0 Å². The second-order valence-electron chi connectivity index (χ2n) is 10.5. The van der Waals surface area contributed by atoms with Crippen LogP contribution >= 0.6 is 11.9 Å². The van der Waals surface area contributed by atoms with Crippen LogP contribution in [0.1, 0.15) is 48.9 Å². The van der Waals surface area contributed by atoms with E-state index in [1.54, 1.807) is 12.1 Å². The number of nitrogen functional groups attached to an aromatic ring is 1. The zero-order valence-electron chi connectivity index (χ0n) is 20.8. The molecule has 206 valence electrons. The predicted molar refractivity (Wildman–Crippen MR) is 142 cm³/mol. The Balaban J connectivity index is 1.14. The molecule has 1 saturated carbocycles. The van der Waals surface area contributed by atoms with Crippen LogP contribution in [0.3, 0.4) is 0 Å². The summed E-state index contributed by atoms with van der Waals surface area (Å²) in [7, 11) is -5.61. The molecule has 0 aromatic heterocycles. The quantitative estimate of drug-likeness (QED) is 0.380. The van der Waals surface area contributed by atoms with Crippen LogP contribution in [-0.4, -0.2) is 57.0 Å². The number of nitrogens with two attached hydrogens (primary N) is 1. The Morgan fingerprint density at radius 3 is 2.24 bits per heavy atom. The van der Waals surface area contributed by atoms with E-state index < -0.39 is 31.8 Å². The molecule has 3 N–H and O–H groups in total. The lowest BCUT2D eigenvalue weighted by atomic mass is 9.60. The van der Waals surface area contributed by atoms with E-state index in [2.05, 4.69) is 14.5 Å². The number of alkyl halides is 3. The number of benzene rings is 2. The highest BCUT2D eigenvalue weighted by Gasteiger charge is 2.49. The van der Waals surface area contributed by atoms with Gasteiger partial charge in [-0.05, 0) is 111 Å². The molecule has 0 unspecified atom stereocenters. The molecule has 3 aliphatic rings. The summed E-state index contributed by atoms with van der Waals surface area (Å²) in [5.74, 6) is -0.446. The van der Waals surface area contributed by atoms with Gasteiger partial charge in [0.15, 0.2) is 0 Å². The van der Waals surface area contributed by atoms with Crippen molar-refractivity contribution in [3.05, 3.63) is 48.0 Å². The van der Waals surface area contributed by atoms with Gasteiger partial charge < -0.3 is 15.5 Å². The number of nitrogens with zero attached hydrogens (tertiary/aromatic N) is 2. The number of piperidine rings is 1. The molecular weight excluding hydrogens is 537 g/mol. The minimum absolute atomic E-state index is 0.109. The maximum Gasteiger partial charge on any atom is 0.501 e. The smallest absolute Gasteiger partial charge is 0.398 e. The minimum Gasteiger partial charge on any atom is -0.398 e. The van der Waals surface area contributed by atoms with Crippen LogP contribution < -0.4 is 15.4 Å². The Labute approximate surface area is 225 Å². The van der Waals surface area contributed by atoms with Crippen molar-refractivity contribution in [3.63, 3.8) is 0 Å². The standard InChI is InChI=1S/C26H31F3N4O3S2/c27-26(28,29)38(35,36)23-15-21(7-8-22(23)30)37-31-24(34)18-3-5-19(6-4-18)33-13-9-25(10-14-33)16-20(17-25)32-11-1-2-12-32/h3-8,15,20H,1-2,9-14,16-17,30H2,(H,31,34). The lowest BCUT2D eigenvalue weighted by Crippen LogP contribution is -2.54. The van der Waals surface area contributed by atoms with Crippen LogP contribution in [0.4, 0.5) is 24.5 Å². The lowest BCUT2D eigenvalue weighted by Gasteiger charge is -2.55. The van der Waals surface area contributed by atoms with E-state index in [1.165, 1.54) is 57.7 Å². The Hall–Kier alpha value is -2.44. The number of carbonyl (C=O) groups excluding carboxylic acids is 1. The molecular formula is C26H31F3N4O3S2. The third-order valence-electron chi connectivity index (χ3n) is 8.15. The second kappa shape index (κ2) is 10.3. The van der Waals surface area contributed by atoms with Gasteiger partial charge in [-0.1, -0.05) is 0 Å². The molecule has 1 aliphatic carbocycles. The fraction of sp³-hybridized carbons (Fsp3) is 0.500. The summed E-state index contributed by atoms with van der Waals surface area (Å²) in [6, 6.07) is 11.2. The fourth-order valence-electron chi connectivity index (χ4n) is 5.88. The molecule has 2 aromatic rings. The van der Waals surface area contributed by atoms with Crippen molar-refractivity contribution in [3.8, 4) is 0 Å². The number of likely N-dealkylation sites (tertiary alicyclic amines) is 1. The zero-order chi connectivity index (χ0) is 27.1. The molecule has 2 saturated heterocycles. The number of sulfone groups is 1. The average Bonchev–Trinajstić information content (AvgIpc) is 3.41. The van der Waals surface area contributed by atoms with Crippen molar-refractivity contribution in [2.24, 2.45) is 5.41 Å². The summed E-state index contributed by atoms with van der Waals surface area (Å²) in [5, 5.41) is 0. The maximum atomic E-state index is 12.9. The van der Waals surface area contributed by atoms with Crippen molar-refractivity contribution in [2.45, 2.75) is 59.9 Å². The molecule has 7 nitrogen and oxygen atoms in total. The third-order valence-corrected chi connectivity index (χ3v) is 10.5. The van der Waals surface area contributed by atoms with E-state index >= 15 is 0 Å². The largest absolute Gasteiger partial charge is 0.501 e. The molecule has 2 aliphatic heterocycles. The summed E-state index contributed by atoms with van der Waals surface area (Å²) in [6.45, 7) is 4.50. The molecule has 2 aromatic carbocycles. The summed E-state index contributed by atoms with van der Waals surface area (Å²) >= 11 is 0.722. The molecule has 12 heteroatoms. The van der Waals surface area contributed by atoms with Crippen LogP contribution in [-0.2, 0) is 9.84 Å². The Bertz CT molecular complexity index is 1280. The normalized spacial score (nSPS) is 20.4. The van der Waals surface area contributed by atoms with Gasteiger partial charge in [-0.3, -0.25) is 9.52 Å². The van der Waals surface area contributed by atoms with E-state index in [4.69, 9.17) is 5.73 Å². The number of amides is 1. The molecule has 0 atom stereocenters. The lowest BCUT2D eigenvalue weighted by molar-refractivity contribution is -0.0435. The van der Waals surface area contributed by atoms with Gasteiger partial charge in [-0.25, -0.2) is 8.42 Å². The summed E-state index contributed by atoms with van der Waals surface area (Å²) < 4.78 is 64.9. The van der Waals surface area contributed by atoms with Gasteiger partial charge >= 0.3 is 5.51 Å². The molecule has 1 amide bonds. The van der Waals surface area contributed by atoms with Gasteiger partial charge in [-0.15, -0.1) is 0 Å². The summed E-state index contributed by atoms with van der Waals surface area (Å²) in [6.07, 6.45) is 7.66. The first-order chi connectivity index (χ1) is 18.0. The first-order valence-electron chi connectivity index (χ1n) is 12.7. The first-order valence-corrected chi connectivity index (χ1v) is 15.0. The number of carbonyl (C=O) groups is 1. The van der Waals surface area contributed by atoms with Crippen molar-refractivity contribution in [1.29, 1.82) is 0 Å². The number of rotatable bonds is 6. The minimum atomic E-state index is -5.61. The summed E-state index contributed by atoms with van der Waals surface area (Å²) in [5.41, 5.74) is 1.42. The third kappa shape index (κ3) is 5.35. The predicted octanol–water partition coefficient (Wildman–Crippen LogP) is 4.84. The Morgan fingerprint density at radius 2 is 1.63 bits per heavy atom. The van der Waals surface area contributed by atoms with E-state index in [1.807, 2.05) is 12.1 Å². The van der Waals surface area contributed by atoms with Gasteiger partial charge in [0.1, 0.15) is 4.90 Å². The van der Waals surface area contributed by atoms with E-state index in [0.717, 1.165) is 48.9 Å². The number of anilines is 2. The van der Waals surface area contributed by atoms with Gasteiger partial charge in [0, 0.05) is 35.3 Å². The highest BCUT2D eigenvalue weighted by Crippen LogP contribution is 2.51. The molecule has 0 radical (unpaired) electrons. The van der Waals surface area contributed by atoms with Gasteiger partial charge in [0.2, 0.25) is 0 Å². The molecule has 2 heterocycles. The SMILES string of the molecule is Nc1ccc(SNC(=O)c2ccc(N3CCC4(CC3)CC(N3CCCC3)C4)cc2)cc1S(=O)(=O)C(F)(F)F. The van der Waals surface area contributed by atoms with Crippen LogP contribution in [0, 0.1) is 5.41 Å². The molecule has 0 bridgehead atoms. The zero-order valence-corrected chi connectivity index (χ0v) is 22.5. The Kier molecular flexibility index (Phi) is 7.34. The van der Waals surface area contributed by atoms with Gasteiger partial charge in [-0.2, -0.15) is 13.2 Å². The fourth-order valence-corrected chi connectivity index (χ4v) is 7.50. The van der Waals surface area contributed by atoms with E-state index in [9.17, 15) is 26.4 Å². The molecule has 1 spiro atoms. The van der Waals surface area contributed by atoms with Gasteiger partial charge in [0.05, 0.1) is 5.69 Å². The number of hydrogen-bond donors (Lipinski definition) is 2. The van der Waals surface area contributed by atoms with Crippen LogP contribution in [0.15, 0.2) is 52.3 Å². The highest BCUT2D eigenvalue weighted by molar-refractivity contribution is 7.98. The van der Waals surface area contributed by atoms with Crippen LogP contribution in [0.5, 0.6) is 0 Å². The average molecular weight is 569 g/mol. The maximum absolute atomic E-state index is 12.9. The van der Waals surface area contributed by atoms with Crippen molar-refractivity contribution >= 4 is 39.1 Å². The van der Waals surface area contributed by atoms with Crippen molar-refractivity contribution in [1.82, 2.24) is 9.62 Å². The van der Waals surface area contributed by atoms with E-state index in [-0.39, 0.29) is 4.90 Å². The second-order valence-corrected chi connectivity index (χ2v) is 13.3. The summed E-state index contributed by atoms with van der Waals surface area (Å²) in [4.78, 5) is 16.7. The monoisotopic (exact) mass is 568 g/mol. The van der Waals surface area contributed by atoms with Crippen LogP contribution in [0.2, 0.25) is 0 Å².